The molecule has 0 unspecified atom stereocenters. The summed E-state index contributed by atoms with van der Waals surface area (Å²) < 4.78 is 26.8. The van der Waals surface area contributed by atoms with Crippen LogP contribution in [0.25, 0.3) is 0 Å². The van der Waals surface area contributed by atoms with E-state index in [1.165, 1.54) is 36.8 Å². The highest BCUT2D eigenvalue weighted by atomic mass is 32.2. The largest absolute Gasteiger partial charge is 0.506 e. The Morgan fingerprint density at radius 2 is 1.94 bits per heavy atom. The molecule has 1 saturated carbocycles. The molecule has 166 valence electrons. The van der Waals surface area contributed by atoms with Crippen LogP contribution in [-0.4, -0.2) is 31.9 Å². The van der Waals surface area contributed by atoms with Crippen LogP contribution in [0.1, 0.15) is 50.2 Å². The van der Waals surface area contributed by atoms with Crippen molar-refractivity contribution in [2.24, 2.45) is 5.92 Å². The molecule has 1 heterocycles. The van der Waals surface area contributed by atoms with Gasteiger partial charge in [0, 0.05) is 11.5 Å². The molecule has 2 aromatic carbocycles. The minimum atomic E-state index is -3.40. The van der Waals surface area contributed by atoms with E-state index in [1.807, 2.05) is 18.2 Å². The first-order valence-corrected chi connectivity index (χ1v) is 13.0. The summed E-state index contributed by atoms with van der Waals surface area (Å²) in [6.45, 7) is 2.66. The van der Waals surface area contributed by atoms with Crippen molar-refractivity contribution in [3.8, 4) is 5.75 Å². The zero-order valence-electron chi connectivity index (χ0n) is 17.9. The molecule has 2 aliphatic carbocycles. The average Bonchev–Trinajstić information content (AvgIpc) is 2.76. The van der Waals surface area contributed by atoms with Gasteiger partial charge in [0.25, 0.3) is 0 Å². The van der Waals surface area contributed by atoms with Crippen molar-refractivity contribution < 1.29 is 13.5 Å². The second kappa shape index (κ2) is 7.71. The maximum Gasteiger partial charge on any atom is 0.232 e. The maximum absolute atomic E-state index is 12.1. The Morgan fingerprint density at radius 3 is 2.74 bits per heavy atom. The summed E-state index contributed by atoms with van der Waals surface area (Å²) >= 11 is 0. The number of para-hydroxylation sites is 2. The van der Waals surface area contributed by atoms with Gasteiger partial charge in [0.2, 0.25) is 10.0 Å². The summed E-state index contributed by atoms with van der Waals surface area (Å²) in [5, 5.41) is 18.0. The lowest BCUT2D eigenvalue weighted by Crippen LogP contribution is -2.59. The van der Waals surface area contributed by atoms with Gasteiger partial charge in [0.15, 0.2) is 0 Å². The lowest BCUT2D eigenvalue weighted by molar-refractivity contribution is 0.0796. The summed E-state index contributed by atoms with van der Waals surface area (Å²) in [5.74, 6) is 0.885. The van der Waals surface area contributed by atoms with Crippen molar-refractivity contribution in [2.75, 3.05) is 22.3 Å². The number of rotatable bonds is 5. The zero-order valence-corrected chi connectivity index (χ0v) is 18.8. The molecule has 1 aliphatic heterocycles. The molecule has 6 nitrogen and oxygen atoms in total. The number of benzene rings is 2. The predicted molar refractivity (Wildman–Crippen MR) is 125 cm³/mol. The van der Waals surface area contributed by atoms with Gasteiger partial charge in [-0.3, -0.25) is 4.72 Å². The first-order chi connectivity index (χ1) is 14.9. The van der Waals surface area contributed by atoms with Crippen LogP contribution in [0.5, 0.6) is 5.75 Å². The first kappa shape index (κ1) is 20.6. The highest BCUT2D eigenvalue weighted by Gasteiger charge is 2.51. The number of piperidine rings is 1. The highest BCUT2D eigenvalue weighted by Crippen LogP contribution is 2.55. The summed E-state index contributed by atoms with van der Waals surface area (Å²) in [6.07, 6.45) is 7.14. The van der Waals surface area contributed by atoms with Gasteiger partial charge in [0.05, 0.1) is 22.8 Å². The summed E-state index contributed by atoms with van der Waals surface area (Å²) in [7, 11) is -3.40. The van der Waals surface area contributed by atoms with Gasteiger partial charge in [-0.15, -0.1) is 0 Å². The third kappa shape index (κ3) is 3.57. The van der Waals surface area contributed by atoms with Crippen molar-refractivity contribution >= 4 is 27.1 Å². The Bertz CT molecular complexity index is 1100. The average molecular weight is 442 g/mol. The smallest absolute Gasteiger partial charge is 0.232 e. The highest BCUT2D eigenvalue weighted by molar-refractivity contribution is 7.92. The Morgan fingerprint density at radius 1 is 1.13 bits per heavy atom. The second-order valence-electron chi connectivity index (χ2n) is 9.23. The lowest BCUT2D eigenvalue weighted by Gasteiger charge is -2.56. The molecule has 31 heavy (non-hydrogen) atoms. The van der Waals surface area contributed by atoms with E-state index in [2.05, 4.69) is 21.4 Å². The third-order valence-electron chi connectivity index (χ3n) is 7.60. The molecular weight excluding hydrogens is 410 g/mol. The van der Waals surface area contributed by atoms with Crippen molar-refractivity contribution in [2.45, 2.75) is 56.9 Å². The third-order valence-corrected chi connectivity index (χ3v) is 8.89. The van der Waals surface area contributed by atoms with E-state index in [4.69, 9.17) is 0 Å². The molecule has 7 heteroatoms. The van der Waals surface area contributed by atoms with Gasteiger partial charge in [-0.2, -0.15) is 0 Å². The van der Waals surface area contributed by atoms with E-state index < -0.39 is 10.0 Å². The van der Waals surface area contributed by atoms with Gasteiger partial charge in [0.1, 0.15) is 5.75 Å². The Kier molecular flexibility index (Phi) is 5.13. The minimum Gasteiger partial charge on any atom is -0.506 e. The Hall–Kier alpha value is -2.25. The molecule has 4 N–H and O–H groups in total. The normalized spacial score (nSPS) is 27.1. The number of phenols is 1. The van der Waals surface area contributed by atoms with Crippen molar-refractivity contribution in [1.82, 2.24) is 5.32 Å². The number of phenolic OH excluding ortho intramolecular Hbond substituents is 1. The summed E-state index contributed by atoms with van der Waals surface area (Å²) in [6, 6.07) is 11.7. The lowest BCUT2D eigenvalue weighted by atomic mass is 9.53. The molecule has 3 aliphatic rings. The van der Waals surface area contributed by atoms with Crippen molar-refractivity contribution in [1.29, 1.82) is 0 Å². The Labute approximate surface area is 184 Å². The van der Waals surface area contributed by atoms with Crippen molar-refractivity contribution in [3.05, 3.63) is 47.5 Å². The number of sulfonamides is 1. The predicted octanol–water partition coefficient (Wildman–Crippen LogP) is 4.24. The SMILES string of the molecule is CCS(=O)(=O)Nc1ccccc1Nc1cc2c(cc1O)[C@]13CCCC[C@@H]1[C@H](C2)NCC3. The summed E-state index contributed by atoms with van der Waals surface area (Å²) in [5.41, 5.74) is 4.53. The number of aromatic hydroxyl groups is 1. The molecule has 0 spiro atoms. The number of nitrogens with one attached hydrogen (secondary N) is 3. The molecule has 0 radical (unpaired) electrons. The van der Waals surface area contributed by atoms with Crippen LogP contribution >= 0.6 is 0 Å². The number of fused-ring (bicyclic) bond motifs is 1. The molecule has 1 saturated heterocycles. The van der Waals surface area contributed by atoms with Crippen LogP contribution in [0.15, 0.2) is 36.4 Å². The first-order valence-electron chi connectivity index (χ1n) is 11.4. The van der Waals surface area contributed by atoms with E-state index >= 15 is 0 Å². The van der Waals surface area contributed by atoms with Crippen LogP contribution < -0.4 is 15.4 Å². The molecular formula is C24H31N3O3S. The van der Waals surface area contributed by atoms with Gasteiger partial charge in [-0.1, -0.05) is 25.0 Å². The molecule has 2 aromatic rings. The quantitative estimate of drug-likeness (QED) is 0.521. The van der Waals surface area contributed by atoms with E-state index in [0.29, 0.717) is 29.0 Å². The fourth-order valence-corrected chi connectivity index (χ4v) is 6.80. The topological polar surface area (TPSA) is 90.5 Å². The number of hydrogen-bond acceptors (Lipinski definition) is 5. The van der Waals surface area contributed by atoms with Crippen LogP contribution in [0.2, 0.25) is 0 Å². The van der Waals surface area contributed by atoms with Gasteiger partial charge in [-0.25, -0.2) is 8.42 Å². The number of hydrogen-bond donors (Lipinski definition) is 4. The maximum atomic E-state index is 12.1. The molecule has 5 rings (SSSR count). The van der Waals surface area contributed by atoms with E-state index in [-0.39, 0.29) is 16.9 Å². The fourth-order valence-electron chi connectivity index (χ4n) is 6.14. The van der Waals surface area contributed by atoms with E-state index in [0.717, 1.165) is 19.4 Å². The van der Waals surface area contributed by atoms with E-state index in [1.54, 1.807) is 19.1 Å². The molecule has 3 atom stereocenters. The number of anilines is 3. The van der Waals surface area contributed by atoms with Crippen LogP contribution in [0.3, 0.4) is 0 Å². The molecule has 2 bridgehead atoms. The van der Waals surface area contributed by atoms with Crippen LogP contribution in [0.4, 0.5) is 17.1 Å². The summed E-state index contributed by atoms with van der Waals surface area (Å²) in [4.78, 5) is 0. The minimum absolute atomic E-state index is 0.00304. The zero-order chi connectivity index (χ0) is 21.6. The Balaban J connectivity index is 1.51. The standard InChI is InChI=1S/C24H31N3O3S/c1-2-31(29,30)27-20-9-4-3-8-19(20)26-22-14-16-13-21-17-7-5-6-10-24(17,11-12-25-21)18(16)15-23(22)28/h3-4,8-9,14-15,17,21,25-28H,2,5-7,10-13H2,1H3/t17-,21+,24+/m1/s1. The van der Waals surface area contributed by atoms with Crippen LogP contribution in [-0.2, 0) is 21.9 Å². The van der Waals surface area contributed by atoms with Crippen LogP contribution in [0, 0.1) is 5.92 Å². The monoisotopic (exact) mass is 441 g/mol. The van der Waals surface area contributed by atoms with Gasteiger partial charge < -0.3 is 15.7 Å². The van der Waals surface area contributed by atoms with Gasteiger partial charge in [-0.05, 0) is 80.5 Å². The van der Waals surface area contributed by atoms with Crippen molar-refractivity contribution in [3.63, 3.8) is 0 Å². The van der Waals surface area contributed by atoms with Gasteiger partial charge >= 0.3 is 0 Å². The molecule has 0 amide bonds. The van der Waals surface area contributed by atoms with E-state index in [9.17, 15) is 13.5 Å². The molecule has 2 fully saturated rings. The second-order valence-corrected chi connectivity index (χ2v) is 11.2. The molecule has 0 aromatic heterocycles. The fraction of sp³-hybridized carbons (Fsp3) is 0.500.